The molecule has 0 aliphatic heterocycles. The minimum Gasteiger partial charge on any atom is -0.431 e. The minimum absolute atomic E-state index is 0.217. The van der Waals surface area contributed by atoms with Gasteiger partial charge in [-0.2, -0.15) is 0 Å². The first-order chi connectivity index (χ1) is 14.6. The van der Waals surface area contributed by atoms with E-state index in [1.807, 2.05) is 6.92 Å². The Hall–Kier alpha value is -2.71. The van der Waals surface area contributed by atoms with Crippen molar-refractivity contribution < 1.29 is 24.1 Å². The van der Waals surface area contributed by atoms with Crippen LogP contribution in [0.4, 0.5) is 16.2 Å². The van der Waals surface area contributed by atoms with Crippen LogP contribution in [-0.4, -0.2) is 22.1 Å². The zero-order valence-electron chi connectivity index (χ0n) is 19.5. The molecule has 0 aliphatic carbocycles. The molecule has 176 valence electrons. The molecule has 0 amide bonds. The number of hydrogen-bond donors (Lipinski definition) is 0. The second kappa shape index (κ2) is 15.1. The standard InChI is InChI=1S/C14H18N2O7.C8H18/c1-5-9(4)11-6-10(15(18)19)7-12(16(20)21)13(11)23-14(17)22-8(2)3;1-3-5-7-8-6-4-2/h6-9H,5H2,1-4H3;3-8H2,1-2H3. The number of nitro benzene ring substituents is 2. The highest BCUT2D eigenvalue weighted by atomic mass is 16.7. The highest BCUT2D eigenvalue weighted by molar-refractivity contribution is 5.70. The number of nitrogens with zero attached hydrogens (tertiary/aromatic N) is 2. The third-order valence-corrected chi connectivity index (χ3v) is 4.61. The highest BCUT2D eigenvalue weighted by Crippen LogP contribution is 2.40. The van der Waals surface area contributed by atoms with Gasteiger partial charge in [0.05, 0.1) is 22.0 Å². The van der Waals surface area contributed by atoms with Gasteiger partial charge in [0.1, 0.15) is 0 Å². The van der Waals surface area contributed by atoms with E-state index in [1.54, 1.807) is 20.8 Å². The van der Waals surface area contributed by atoms with Crippen molar-refractivity contribution in [2.75, 3.05) is 0 Å². The summed E-state index contributed by atoms with van der Waals surface area (Å²) in [5, 5.41) is 22.2. The van der Waals surface area contributed by atoms with Gasteiger partial charge in [-0.1, -0.05) is 66.2 Å². The van der Waals surface area contributed by atoms with Gasteiger partial charge in [-0.25, -0.2) is 4.79 Å². The molecule has 1 aromatic rings. The molecule has 0 aliphatic rings. The molecular formula is C22H36N2O7. The summed E-state index contributed by atoms with van der Waals surface area (Å²) < 4.78 is 9.80. The second-order valence-corrected chi connectivity index (χ2v) is 7.64. The van der Waals surface area contributed by atoms with Gasteiger partial charge in [0.15, 0.2) is 0 Å². The monoisotopic (exact) mass is 440 g/mol. The lowest BCUT2D eigenvalue weighted by Gasteiger charge is -2.15. The van der Waals surface area contributed by atoms with Crippen molar-refractivity contribution in [1.29, 1.82) is 0 Å². The van der Waals surface area contributed by atoms with Crippen LogP contribution < -0.4 is 4.74 Å². The van der Waals surface area contributed by atoms with E-state index in [9.17, 15) is 25.0 Å². The van der Waals surface area contributed by atoms with Gasteiger partial charge >= 0.3 is 11.8 Å². The topological polar surface area (TPSA) is 122 Å². The second-order valence-electron chi connectivity index (χ2n) is 7.64. The van der Waals surface area contributed by atoms with E-state index < -0.39 is 33.5 Å². The number of hydrogen-bond acceptors (Lipinski definition) is 7. The van der Waals surface area contributed by atoms with Crippen LogP contribution in [0.1, 0.15) is 98.0 Å². The first-order valence-electron chi connectivity index (χ1n) is 10.9. The van der Waals surface area contributed by atoms with E-state index in [0.717, 1.165) is 6.07 Å². The predicted molar refractivity (Wildman–Crippen MR) is 120 cm³/mol. The normalized spacial score (nSPS) is 11.3. The molecule has 0 spiro atoms. The Labute approximate surface area is 184 Å². The van der Waals surface area contributed by atoms with Crippen LogP contribution in [-0.2, 0) is 4.74 Å². The van der Waals surface area contributed by atoms with Crippen molar-refractivity contribution in [2.45, 2.75) is 98.5 Å². The van der Waals surface area contributed by atoms with Gasteiger partial charge < -0.3 is 9.47 Å². The van der Waals surface area contributed by atoms with E-state index in [-0.39, 0.29) is 17.2 Å². The first-order valence-corrected chi connectivity index (χ1v) is 10.9. The number of carbonyl (C=O) groups is 1. The maximum atomic E-state index is 11.7. The van der Waals surface area contributed by atoms with Crippen molar-refractivity contribution in [1.82, 2.24) is 0 Å². The lowest BCUT2D eigenvalue weighted by atomic mass is 9.96. The number of carbonyl (C=O) groups excluding carboxylic acids is 1. The Bertz CT molecular complexity index is 714. The molecule has 1 atom stereocenters. The lowest BCUT2D eigenvalue weighted by Crippen LogP contribution is -2.17. The Balaban J connectivity index is 0.000000954. The lowest BCUT2D eigenvalue weighted by molar-refractivity contribution is -0.394. The van der Waals surface area contributed by atoms with E-state index >= 15 is 0 Å². The van der Waals surface area contributed by atoms with Crippen LogP contribution in [0.2, 0.25) is 0 Å². The Kier molecular flexibility index (Phi) is 13.8. The van der Waals surface area contributed by atoms with Crippen molar-refractivity contribution in [2.24, 2.45) is 0 Å². The molecular weight excluding hydrogens is 404 g/mol. The summed E-state index contributed by atoms with van der Waals surface area (Å²) in [6, 6.07) is 1.95. The number of ether oxygens (including phenoxy) is 2. The summed E-state index contributed by atoms with van der Waals surface area (Å²) in [4.78, 5) is 32.3. The van der Waals surface area contributed by atoms with E-state index in [2.05, 4.69) is 13.8 Å². The van der Waals surface area contributed by atoms with Gasteiger partial charge in [0, 0.05) is 11.6 Å². The molecule has 0 saturated carbocycles. The van der Waals surface area contributed by atoms with Crippen molar-refractivity contribution in [3.05, 3.63) is 37.9 Å². The fraction of sp³-hybridized carbons (Fsp3) is 0.682. The molecule has 1 unspecified atom stereocenters. The Morgan fingerprint density at radius 3 is 1.87 bits per heavy atom. The number of rotatable bonds is 11. The van der Waals surface area contributed by atoms with Crippen LogP contribution in [0, 0.1) is 20.2 Å². The van der Waals surface area contributed by atoms with Crippen LogP contribution in [0.5, 0.6) is 5.75 Å². The Morgan fingerprint density at radius 2 is 1.48 bits per heavy atom. The fourth-order valence-corrected chi connectivity index (χ4v) is 2.71. The molecule has 0 aromatic heterocycles. The predicted octanol–water partition coefficient (Wildman–Crippen LogP) is 7.31. The molecule has 0 saturated heterocycles. The summed E-state index contributed by atoms with van der Waals surface area (Å²) >= 11 is 0. The van der Waals surface area contributed by atoms with Crippen molar-refractivity contribution >= 4 is 17.5 Å². The molecule has 0 N–H and O–H groups in total. The van der Waals surface area contributed by atoms with Crippen molar-refractivity contribution in [3.8, 4) is 5.75 Å². The number of nitro groups is 2. The summed E-state index contributed by atoms with van der Waals surface area (Å²) in [7, 11) is 0. The van der Waals surface area contributed by atoms with Gasteiger partial charge in [-0.05, 0) is 26.2 Å². The quantitative estimate of drug-likeness (QED) is 0.116. The average molecular weight is 441 g/mol. The zero-order chi connectivity index (χ0) is 24.0. The number of non-ortho nitro benzene ring substituents is 1. The van der Waals surface area contributed by atoms with Gasteiger partial charge in [-0.3, -0.25) is 20.2 Å². The highest BCUT2D eigenvalue weighted by Gasteiger charge is 2.29. The molecule has 0 radical (unpaired) electrons. The van der Waals surface area contributed by atoms with E-state index in [0.29, 0.717) is 6.42 Å². The zero-order valence-corrected chi connectivity index (χ0v) is 19.5. The summed E-state index contributed by atoms with van der Waals surface area (Å²) in [5.74, 6) is -0.601. The fourth-order valence-electron chi connectivity index (χ4n) is 2.71. The largest absolute Gasteiger partial charge is 0.514 e. The third-order valence-electron chi connectivity index (χ3n) is 4.61. The molecule has 9 nitrogen and oxygen atoms in total. The molecule has 9 heteroatoms. The van der Waals surface area contributed by atoms with E-state index in [4.69, 9.17) is 9.47 Å². The Morgan fingerprint density at radius 1 is 0.935 bits per heavy atom. The minimum atomic E-state index is -1.10. The average Bonchev–Trinajstić information content (AvgIpc) is 2.70. The van der Waals surface area contributed by atoms with E-state index in [1.165, 1.54) is 44.6 Å². The molecule has 1 aromatic carbocycles. The van der Waals surface area contributed by atoms with Gasteiger partial charge in [-0.15, -0.1) is 0 Å². The SMILES string of the molecule is CCC(C)c1cc([N+](=O)[O-])cc([N+](=O)[O-])c1OC(=O)OC(C)C.CCCCCCCC. The van der Waals surface area contributed by atoms with Gasteiger partial charge in [0.25, 0.3) is 5.69 Å². The molecule has 1 rings (SSSR count). The number of benzene rings is 1. The van der Waals surface area contributed by atoms with Crippen LogP contribution in [0.25, 0.3) is 0 Å². The van der Waals surface area contributed by atoms with Crippen LogP contribution >= 0.6 is 0 Å². The third kappa shape index (κ3) is 10.8. The molecule has 0 bridgehead atoms. The van der Waals surface area contributed by atoms with Gasteiger partial charge in [0.2, 0.25) is 5.75 Å². The molecule has 0 heterocycles. The smallest absolute Gasteiger partial charge is 0.431 e. The molecule has 0 fully saturated rings. The van der Waals surface area contributed by atoms with Crippen molar-refractivity contribution in [3.63, 3.8) is 0 Å². The summed E-state index contributed by atoms with van der Waals surface area (Å²) in [6.45, 7) is 11.2. The maximum Gasteiger partial charge on any atom is 0.514 e. The summed E-state index contributed by atoms with van der Waals surface area (Å²) in [5.41, 5.74) is -0.860. The first kappa shape index (κ1) is 28.3. The number of unbranched alkanes of at least 4 members (excludes halogenated alkanes) is 5. The van der Waals surface area contributed by atoms with Crippen LogP contribution in [0.3, 0.4) is 0 Å². The maximum absolute atomic E-state index is 11.7. The van der Waals surface area contributed by atoms with Crippen LogP contribution in [0.15, 0.2) is 12.1 Å². The molecule has 31 heavy (non-hydrogen) atoms. The summed E-state index contributed by atoms with van der Waals surface area (Å²) in [6.07, 6.45) is 7.48.